The Bertz CT molecular complexity index is 994. The molecule has 0 atom stereocenters. The molecule has 1 heterocycles. The first kappa shape index (κ1) is 18.9. The molecular weight excluding hydrogens is 352 g/mol. The van der Waals surface area contributed by atoms with Gasteiger partial charge in [-0.1, -0.05) is 18.2 Å². The number of nitriles is 1. The van der Waals surface area contributed by atoms with Gasteiger partial charge in [0.2, 0.25) is 0 Å². The molecule has 0 saturated heterocycles. The van der Waals surface area contributed by atoms with E-state index in [9.17, 15) is 4.79 Å². The average Bonchev–Trinajstić information content (AvgIpc) is 2.74. The summed E-state index contributed by atoms with van der Waals surface area (Å²) in [7, 11) is 1.63. The lowest BCUT2D eigenvalue weighted by Gasteiger charge is -2.10. The molecule has 0 unspecified atom stereocenters. The van der Waals surface area contributed by atoms with Gasteiger partial charge in [0, 0.05) is 24.1 Å². The van der Waals surface area contributed by atoms with Gasteiger partial charge in [0.05, 0.1) is 18.7 Å². The summed E-state index contributed by atoms with van der Waals surface area (Å²) in [6.07, 6.45) is 2.25. The number of ether oxygens (including phenoxy) is 1. The zero-order chi connectivity index (χ0) is 19.8. The van der Waals surface area contributed by atoms with Crippen LogP contribution in [-0.4, -0.2) is 24.5 Å². The van der Waals surface area contributed by atoms with E-state index in [2.05, 4.69) is 21.7 Å². The van der Waals surface area contributed by atoms with Gasteiger partial charge < -0.3 is 15.4 Å². The van der Waals surface area contributed by atoms with Crippen molar-refractivity contribution in [3.8, 4) is 11.8 Å². The lowest BCUT2D eigenvalue weighted by molar-refractivity contribution is 0.0949. The molecule has 2 aromatic carbocycles. The molecule has 0 fully saturated rings. The molecule has 3 rings (SSSR count). The van der Waals surface area contributed by atoms with E-state index in [-0.39, 0.29) is 5.91 Å². The van der Waals surface area contributed by atoms with E-state index in [1.54, 1.807) is 37.6 Å². The van der Waals surface area contributed by atoms with Crippen LogP contribution in [0, 0.1) is 11.3 Å². The Kier molecular flexibility index (Phi) is 6.21. The number of rotatable bonds is 7. The fraction of sp³-hybridized carbons (Fsp3) is 0.136. The number of carbonyl (C=O) groups excluding carboxylic acids is 1. The summed E-state index contributed by atoms with van der Waals surface area (Å²) in [4.78, 5) is 16.6. The van der Waals surface area contributed by atoms with Crippen molar-refractivity contribution in [2.24, 2.45) is 0 Å². The number of para-hydroxylation sites is 1. The highest BCUT2D eigenvalue weighted by atomic mass is 16.5. The molecule has 6 nitrogen and oxygen atoms in total. The summed E-state index contributed by atoms with van der Waals surface area (Å²) in [5.41, 5.74) is 3.53. The molecule has 0 bridgehead atoms. The van der Waals surface area contributed by atoms with E-state index in [0.717, 1.165) is 22.7 Å². The van der Waals surface area contributed by atoms with Crippen LogP contribution < -0.4 is 15.4 Å². The molecule has 0 aliphatic heterocycles. The predicted molar refractivity (Wildman–Crippen MR) is 108 cm³/mol. The van der Waals surface area contributed by atoms with Gasteiger partial charge in [0.1, 0.15) is 11.4 Å². The zero-order valence-electron chi connectivity index (χ0n) is 15.5. The van der Waals surface area contributed by atoms with E-state index in [1.165, 1.54) is 0 Å². The minimum atomic E-state index is -0.238. The molecule has 0 aliphatic rings. The van der Waals surface area contributed by atoms with Gasteiger partial charge in [0.15, 0.2) is 0 Å². The van der Waals surface area contributed by atoms with Gasteiger partial charge in [-0.2, -0.15) is 5.26 Å². The van der Waals surface area contributed by atoms with Crippen LogP contribution in [0.3, 0.4) is 0 Å². The van der Waals surface area contributed by atoms with Gasteiger partial charge >= 0.3 is 0 Å². The van der Waals surface area contributed by atoms with Gasteiger partial charge in [-0.15, -0.1) is 0 Å². The quantitative estimate of drug-likeness (QED) is 0.661. The summed E-state index contributed by atoms with van der Waals surface area (Å²) in [5.74, 6) is 0.571. The SMILES string of the molecule is COc1ccccc1CCNC(=O)c1cc(Nc2ccc(C#N)cc2)ccn1. The first-order chi connectivity index (χ1) is 13.7. The fourth-order valence-electron chi connectivity index (χ4n) is 2.74. The normalized spacial score (nSPS) is 10.0. The first-order valence-electron chi connectivity index (χ1n) is 8.83. The van der Waals surface area contributed by atoms with Crippen molar-refractivity contribution in [1.82, 2.24) is 10.3 Å². The number of anilines is 2. The Morgan fingerprint density at radius 3 is 2.64 bits per heavy atom. The smallest absolute Gasteiger partial charge is 0.269 e. The molecule has 0 saturated carbocycles. The number of methoxy groups -OCH3 is 1. The van der Waals surface area contributed by atoms with Crippen molar-refractivity contribution in [2.45, 2.75) is 6.42 Å². The summed E-state index contributed by atoms with van der Waals surface area (Å²) in [5, 5.41) is 14.9. The van der Waals surface area contributed by atoms with E-state index in [4.69, 9.17) is 10.00 Å². The molecular formula is C22H20N4O2. The Labute approximate surface area is 163 Å². The van der Waals surface area contributed by atoms with Crippen molar-refractivity contribution in [1.29, 1.82) is 5.26 Å². The Balaban J connectivity index is 1.59. The molecule has 0 radical (unpaired) electrons. The highest BCUT2D eigenvalue weighted by Gasteiger charge is 2.09. The van der Waals surface area contributed by atoms with E-state index in [0.29, 0.717) is 24.2 Å². The predicted octanol–water partition coefficient (Wildman–Crippen LogP) is 3.68. The molecule has 140 valence electrons. The summed E-state index contributed by atoms with van der Waals surface area (Å²) in [6, 6.07) is 20.4. The first-order valence-corrected chi connectivity index (χ1v) is 8.83. The van der Waals surface area contributed by atoms with Crippen LogP contribution in [0.2, 0.25) is 0 Å². The highest BCUT2D eigenvalue weighted by Crippen LogP contribution is 2.18. The van der Waals surface area contributed by atoms with Crippen LogP contribution >= 0.6 is 0 Å². The maximum Gasteiger partial charge on any atom is 0.269 e. The number of nitrogens with one attached hydrogen (secondary N) is 2. The van der Waals surface area contributed by atoms with Crippen LogP contribution in [0.4, 0.5) is 11.4 Å². The van der Waals surface area contributed by atoms with E-state index in [1.807, 2.05) is 36.4 Å². The van der Waals surface area contributed by atoms with Gasteiger partial charge in [0.25, 0.3) is 5.91 Å². The Hall–Kier alpha value is -3.85. The fourth-order valence-corrected chi connectivity index (χ4v) is 2.74. The van der Waals surface area contributed by atoms with E-state index < -0.39 is 0 Å². The topological polar surface area (TPSA) is 87.0 Å². The number of pyridine rings is 1. The molecule has 1 amide bonds. The van der Waals surface area contributed by atoms with Gasteiger partial charge in [-0.25, -0.2) is 0 Å². The van der Waals surface area contributed by atoms with Crippen LogP contribution in [0.5, 0.6) is 5.75 Å². The number of amides is 1. The van der Waals surface area contributed by atoms with Crippen molar-refractivity contribution in [2.75, 3.05) is 19.0 Å². The minimum Gasteiger partial charge on any atom is -0.496 e. The average molecular weight is 372 g/mol. The van der Waals surface area contributed by atoms with Gasteiger partial charge in [-0.3, -0.25) is 9.78 Å². The van der Waals surface area contributed by atoms with Crippen LogP contribution in [0.25, 0.3) is 0 Å². The maximum absolute atomic E-state index is 12.4. The van der Waals surface area contributed by atoms with Crippen molar-refractivity contribution < 1.29 is 9.53 Å². The standard InChI is InChI=1S/C22H20N4O2/c1-28-21-5-3-2-4-17(21)10-12-25-22(27)20-14-19(11-13-24-20)26-18-8-6-16(15-23)7-9-18/h2-9,11,13-14H,10,12H2,1H3,(H,24,26)(H,25,27). The Morgan fingerprint density at radius 1 is 1.11 bits per heavy atom. The molecule has 0 spiro atoms. The third kappa shape index (κ3) is 4.86. The molecule has 2 N–H and O–H groups in total. The molecule has 3 aromatic rings. The van der Waals surface area contributed by atoms with Crippen LogP contribution in [0.1, 0.15) is 21.6 Å². The maximum atomic E-state index is 12.4. The third-order valence-electron chi connectivity index (χ3n) is 4.17. The lowest BCUT2D eigenvalue weighted by Crippen LogP contribution is -2.26. The third-order valence-corrected chi connectivity index (χ3v) is 4.17. The van der Waals surface area contributed by atoms with E-state index >= 15 is 0 Å². The number of carbonyl (C=O) groups is 1. The number of nitrogens with zero attached hydrogens (tertiary/aromatic N) is 2. The number of aromatic nitrogens is 1. The minimum absolute atomic E-state index is 0.238. The van der Waals surface area contributed by atoms with Crippen molar-refractivity contribution >= 4 is 17.3 Å². The lowest BCUT2D eigenvalue weighted by atomic mass is 10.1. The summed E-state index contributed by atoms with van der Waals surface area (Å²) < 4.78 is 5.32. The largest absolute Gasteiger partial charge is 0.496 e. The molecule has 28 heavy (non-hydrogen) atoms. The number of hydrogen-bond donors (Lipinski definition) is 2. The van der Waals surface area contributed by atoms with Crippen molar-refractivity contribution in [3.05, 3.63) is 83.7 Å². The van der Waals surface area contributed by atoms with Gasteiger partial charge in [-0.05, 0) is 54.4 Å². The highest BCUT2D eigenvalue weighted by molar-refractivity contribution is 5.93. The zero-order valence-corrected chi connectivity index (χ0v) is 15.5. The molecule has 1 aromatic heterocycles. The molecule has 0 aliphatic carbocycles. The van der Waals surface area contributed by atoms with Crippen molar-refractivity contribution in [3.63, 3.8) is 0 Å². The van der Waals surface area contributed by atoms with Crippen LogP contribution in [0.15, 0.2) is 66.9 Å². The number of benzene rings is 2. The molecule has 6 heteroatoms. The monoisotopic (exact) mass is 372 g/mol. The summed E-state index contributed by atoms with van der Waals surface area (Å²) in [6.45, 7) is 0.480. The number of hydrogen-bond acceptors (Lipinski definition) is 5. The second kappa shape index (κ2) is 9.19. The second-order valence-electron chi connectivity index (χ2n) is 6.06. The van der Waals surface area contributed by atoms with Crippen LogP contribution in [-0.2, 0) is 6.42 Å². The summed E-state index contributed by atoms with van der Waals surface area (Å²) >= 11 is 0. The Morgan fingerprint density at radius 2 is 1.89 bits per heavy atom. The second-order valence-corrected chi connectivity index (χ2v) is 6.06.